The number of carbonyl (C=O) groups excluding carboxylic acids is 2. The zero-order valence-corrected chi connectivity index (χ0v) is 15.8. The molecule has 0 aliphatic carbocycles. The van der Waals surface area contributed by atoms with Crippen LogP contribution in [0.15, 0.2) is 91.0 Å². The van der Waals surface area contributed by atoms with Crippen molar-refractivity contribution in [2.75, 3.05) is 6.61 Å². The third-order valence-electron chi connectivity index (χ3n) is 4.94. The molecule has 5 heteroatoms. The van der Waals surface area contributed by atoms with Gasteiger partial charge in [-0.15, -0.1) is 0 Å². The highest BCUT2D eigenvalue weighted by atomic mass is 16.6. The predicted molar refractivity (Wildman–Crippen MR) is 108 cm³/mol. The van der Waals surface area contributed by atoms with Crippen LogP contribution in [0.25, 0.3) is 0 Å². The predicted octanol–water partition coefficient (Wildman–Crippen LogP) is 4.66. The number of amides is 1. The maximum absolute atomic E-state index is 13.2. The van der Waals surface area contributed by atoms with Crippen LogP contribution in [0, 0.1) is 0 Å². The summed E-state index contributed by atoms with van der Waals surface area (Å²) in [5, 5.41) is 0. The maximum Gasteiger partial charge on any atom is 0.411 e. The Labute approximate surface area is 169 Å². The largest absolute Gasteiger partial charge is 0.461 e. The molecular weight excluding hydrogens is 366 g/mol. The number of esters is 1. The minimum Gasteiger partial charge on any atom is -0.461 e. The molecule has 0 N–H and O–H groups in total. The molecule has 4 rings (SSSR count). The molecular formula is C24H21NO4. The monoisotopic (exact) mass is 387 g/mol. The van der Waals surface area contributed by atoms with Crippen molar-refractivity contribution in [2.45, 2.75) is 18.7 Å². The number of morpholine rings is 1. The van der Waals surface area contributed by atoms with Crippen LogP contribution >= 0.6 is 0 Å². The number of benzene rings is 3. The molecule has 1 heterocycles. The Bertz CT molecular complexity index is 960. The van der Waals surface area contributed by atoms with E-state index in [4.69, 9.17) is 9.47 Å². The maximum atomic E-state index is 13.2. The molecule has 0 spiro atoms. The van der Waals surface area contributed by atoms with E-state index in [1.807, 2.05) is 91.0 Å². The van der Waals surface area contributed by atoms with Gasteiger partial charge in [-0.1, -0.05) is 91.0 Å². The molecule has 5 nitrogen and oxygen atoms in total. The van der Waals surface area contributed by atoms with E-state index in [9.17, 15) is 9.59 Å². The van der Waals surface area contributed by atoms with Gasteiger partial charge in [-0.25, -0.2) is 9.59 Å². The summed E-state index contributed by atoms with van der Waals surface area (Å²) in [6.45, 7) is 0.223. The number of hydrogen-bond donors (Lipinski definition) is 0. The molecule has 1 aliphatic heterocycles. The third-order valence-corrected chi connectivity index (χ3v) is 4.94. The van der Waals surface area contributed by atoms with Gasteiger partial charge in [0, 0.05) is 0 Å². The molecule has 29 heavy (non-hydrogen) atoms. The Morgan fingerprint density at radius 3 is 2.03 bits per heavy atom. The van der Waals surface area contributed by atoms with Gasteiger partial charge in [-0.2, -0.15) is 0 Å². The average Bonchev–Trinajstić information content (AvgIpc) is 2.79. The summed E-state index contributed by atoms with van der Waals surface area (Å²) in [6, 6.07) is 26.9. The van der Waals surface area contributed by atoms with Crippen molar-refractivity contribution in [3.8, 4) is 0 Å². The van der Waals surface area contributed by atoms with Crippen molar-refractivity contribution in [3.05, 3.63) is 108 Å². The lowest BCUT2D eigenvalue weighted by Crippen LogP contribution is -2.48. The van der Waals surface area contributed by atoms with Crippen molar-refractivity contribution < 1.29 is 19.1 Å². The Kier molecular flexibility index (Phi) is 5.56. The van der Waals surface area contributed by atoms with Gasteiger partial charge in [0.25, 0.3) is 0 Å². The molecule has 0 bridgehead atoms. The molecule has 0 saturated carbocycles. The van der Waals surface area contributed by atoms with E-state index in [-0.39, 0.29) is 13.2 Å². The molecule has 1 aliphatic rings. The van der Waals surface area contributed by atoms with Gasteiger partial charge in [0.05, 0.1) is 6.04 Å². The van der Waals surface area contributed by atoms with Crippen molar-refractivity contribution in [3.63, 3.8) is 0 Å². The number of ether oxygens (including phenoxy) is 2. The highest BCUT2D eigenvalue weighted by Gasteiger charge is 2.43. The van der Waals surface area contributed by atoms with E-state index >= 15 is 0 Å². The van der Waals surface area contributed by atoms with E-state index in [0.717, 1.165) is 11.1 Å². The standard InChI is InChI=1S/C24H21NO4/c26-23-22(20-14-8-3-9-15-20)25(21(17-28-23)19-12-6-2-7-13-19)24(27)29-16-18-10-4-1-5-11-18/h1-15,21-22H,16-17H2. The van der Waals surface area contributed by atoms with E-state index in [2.05, 4.69) is 0 Å². The Morgan fingerprint density at radius 2 is 1.41 bits per heavy atom. The van der Waals surface area contributed by atoms with Gasteiger partial charge < -0.3 is 9.47 Å². The summed E-state index contributed by atoms with van der Waals surface area (Å²) < 4.78 is 11.1. The normalized spacial score (nSPS) is 18.8. The lowest BCUT2D eigenvalue weighted by molar-refractivity contribution is -0.161. The molecule has 1 amide bonds. The second-order valence-corrected chi connectivity index (χ2v) is 6.82. The molecule has 0 radical (unpaired) electrons. The van der Waals surface area contributed by atoms with Gasteiger partial charge in [-0.3, -0.25) is 4.90 Å². The number of cyclic esters (lactones) is 1. The van der Waals surface area contributed by atoms with Gasteiger partial charge in [0.1, 0.15) is 13.2 Å². The van der Waals surface area contributed by atoms with Crippen LogP contribution in [0.2, 0.25) is 0 Å². The molecule has 1 saturated heterocycles. The lowest BCUT2D eigenvalue weighted by Gasteiger charge is -2.40. The number of hydrogen-bond acceptors (Lipinski definition) is 4. The third kappa shape index (κ3) is 4.14. The summed E-state index contributed by atoms with van der Waals surface area (Å²) in [7, 11) is 0. The summed E-state index contributed by atoms with van der Waals surface area (Å²) in [4.78, 5) is 27.4. The summed E-state index contributed by atoms with van der Waals surface area (Å²) in [5.41, 5.74) is 2.46. The van der Waals surface area contributed by atoms with Gasteiger partial charge in [-0.05, 0) is 16.7 Å². The van der Waals surface area contributed by atoms with Crippen LogP contribution in [0.3, 0.4) is 0 Å². The smallest absolute Gasteiger partial charge is 0.411 e. The highest BCUT2D eigenvalue weighted by molar-refractivity contribution is 5.84. The van der Waals surface area contributed by atoms with Crippen LogP contribution < -0.4 is 0 Å². The van der Waals surface area contributed by atoms with Crippen LogP contribution in [-0.4, -0.2) is 23.6 Å². The topological polar surface area (TPSA) is 55.8 Å². The highest BCUT2D eigenvalue weighted by Crippen LogP contribution is 2.36. The molecule has 3 aromatic rings. The molecule has 2 unspecified atom stereocenters. The van der Waals surface area contributed by atoms with Crippen molar-refractivity contribution in [1.29, 1.82) is 0 Å². The van der Waals surface area contributed by atoms with Gasteiger partial charge >= 0.3 is 12.1 Å². The van der Waals surface area contributed by atoms with Crippen LogP contribution in [0.1, 0.15) is 28.8 Å². The first-order valence-corrected chi connectivity index (χ1v) is 9.49. The fourth-order valence-electron chi connectivity index (χ4n) is 3.50. The first-order chi connectivity index (χ1) is 14.2. The van der Waals surface area contributed by atoms with E-state index in [0.29, 0.717) is 5.56 Å². The van der Waals surface area contributed by atoms with E-state index in [1.165, 1.54) is 4.90 Å². The minimum absolute atomic E-state index is 0.0899. The molecule has 2 atom stereocenters. The molecule has 0 aromatic heterocycles. The Hall–Kier alpha value is -3.60. The van der Waals surface area contributed by atoms with E-state index in [1.54, 1.807) is 0 Å². The van der Waals surface area contributed by atoms with Crippen molar-refractivity contribution >= 4 is 12.1 Å². The number of carbonyl (C=O) groups is 2. The SMILES string of the molecule is O=C1OCC(c2ccccc2)N(C(=O)OCc2ccccc2)C1c1ccccc1. The fraction of sp³-hybridized carbons (Fsp3) is 0.167. The van der Waals surface area contributed by atoms with Crippen molar-refractivity contribution in [2.24, 2.45) is 0 Å². The van der Waals surface area contributed by atoms with Crippen LogP contribution in [0.4, 0.5) is 4.79 Å². The number of nitrogens with zero attached hydrogens (tertiary/aromatic N) is 1. The number of rotatable bonds is 4. The Morgan fingerprint density at radius 1 is 0.862 bits per heavy atom. The minimum atomic E-state index is -0.863. The Balaban J connectivity index is 1.66. The average molecular weight is 387 g/mol. The quantitative estimate of drug-likeness (QED) is 0.611. The second kappa shape index (κ2) is 8.61. The van der Waals surface area contributed by atoms with Gasteiger partial charge in [0.2, 0.25) is 0 Å². The summed E-state index contributed by atoms with van der Waals surface area (Å²) in [6.07, 6.45) is -0.548. The zero-order valence-electron chi connectivity index (χ0n) is 15.8. The fourth-order valence-corrected chi connectivity index (χ4v) is 3.50. The van der Waals surface area contributed by atoms with E-state index < -0.39 is 24.1 Å². The van der Waals surface area contributed by atoms with Crippen LogP contribution in [0.5, 0.6) is 0 Å². The lowest BCUT2D eigenvalue weighted by atomic mass is 9.98. The second-order valence-electron chi connectivity index (χ2n) is 6.82. The molecule has 3 aromatic carbocycles. The molecule has 1 fully saturated rings. The summed E-state index contributed by atoms with van der Waals surface area (Å²) in [5.74, 6) is -0.458. The zero-order chi connectivity index (χ0) is 20.1. The first-order valence-electron chi connectivity index (χ1n) is 9.49. The van der Waals surface area contributed by atoms with Gasteiger partial charge in [0.15, 0.2) is 6.04 Å². The summed E-state index contributed by atoms with van der Waals surface area (Å²) >= 11 is 0. The molecule has 146 valence electrons. The first kappa shape index (κ1) is 18.7. The van der Waals surface area contributed by atoms with Crippen molar-refractivity contribution in [1.82, 2.24) is 4.90 Å². The van der Waals surface area contributed by atoms with Crippen LogP contribution in [-0.2, 0) is 20.9 Å².